The number of H-pyrrole nitrogens is 2. The summed E-state index contributed by atoms with van der Waals surface area (Å²) in [5.74, 6) is 1.57. The van der Waals surface area contributed by atoms with Crippen molar-refractivity contribution in [3.63, 3.8) is 0 Å². The average molecular weight is 553 g/mol. The summed E-state index contributed by atoms with van der Waals surface area (Å²) in [6.45, 7) is 3.98. The highest BCUT2D eigenvalue weighted by Gasteiger charge is 2.27. The van der Waals surface area contributed by atoms with Gasteiger partial charge in [0.05, 0.1) is 32.6 Å². The first kappa shape index (κ1) is 26.5. The molecular formula is C32H32N4O5. The molecule has 1 unspecified atom stereocenters. The van der Waals surface area contributed by atoms with Crippen molar-refractivity contribution >= 4 is 16.8 Å². The number of amides is 1. The minimum atomic E-state index is -0.495. The van der Waals surface area contributed by atoms with Crippen LogP contribution in [0.25, 0.3) is 33.2 Å². The summed E-state index contributed by atoms with van der Waals surface area (Å²) >= 11 is 0. The number of methoxy groups -OCH3 is 2. The molecule has 1 aliphatic heterocycles. The van der Waals surface area contributed by atoms with Gasteiger partial charge in [-0.05, 0) is 61.7 Å². The molecule has 210 valence electrons. The van der Waals surface area contributed by atoms with Crippen LogP contribution < -0.4 is 19.5 Å². The number of carbonyl (C=O) groups excluding carboxylic acids is 1. The number of nitrogens with one attached hydrogen (secondary N) is 3. The summed E-state index contributed by atoms with van der Waals surface area (Å²) in [6, 6.07) is 15.1. The third-order valence-corrected chi connectivity index (χ3v) is 7.74. The number of aromatic amines is 2. The van der Waals surface area contributed by atoms with E-state index in [9.17, 15) is 9.90 Å². The molecule has 3 heterocycles. The zero-order valence-corrected chi connectivity index (χ0v) is 23.4. The molecule has 4 N–H and O–H groups in total. The van der Waals surface area contributed by atoms with E-state index in [1.54, 1.807) is 14.2 Å². The summed E-state index contributed by atoms with van der Waals surface area (Å²) in [5.41, 5.74) is 8.27. The third kappa shape index (κ3) is 4.68. The highest BCUT2D eigenvalue weighted by atomic mass is 16.5. The Hall–Kier alpha value is -4.76. The summed E-state index contributed by atoms with van der Waals surface area (Å²) in [7, 11) is 3.19. The highest BCUT2D eigenvalue weighted by Crippen LogP contribution is 2.46. The average Bonchev–Trinajstić information content (AvgIpc) is 3.56. The van der Waals surface area contributed by atoms with Gasteiger partial charge in [0.1, 0.15) is 12.4 Å². The number of aliphatic hydroxyl groups excluding tert-OH is 1. The number of fused-ring (bicyclic) bond motifs is 4. The summed E-state index contributed by atoms with van der Waals surface area (Å²) < 4.78 is 17.2. The van der Waals surface area contributed by atoms with E-state index < -0.39 is 6.04 Å². The van der Waals surface area contributed by atoms with E-state index in [1.807, 2.05) is 68.6 Å². The van der Waals surface area contributed by atoms with Crippen molar-refractivity contribution in [2.75, 3.05) is 20.8 Å². The molecule has 1 atom stereocenters. The summed E-state index contributed by atoms with van der Waals surface area (Å²) in [5, 5.41) is 21.8. The molecule has 0 saturated heterocycles. The van der Waals surface area contributed by atoms with Gasteiger partial charge in [-0.3, -0.25) is 9.89 Å². The first-order valence-corrected chi connectivity index (χ1v) is 13.5. The standard InChI is InChI=1S/C32H32N4O5/c1-17-31(18(2)36-35-17)25-13-28-24(23-12-30(40-4)29(39-3)10-20(23)16-41-28)11-26(25)32(38)34-21(15-37)9-19-14-33-27-8-6-5-7-22(19)27/h5-8,10-14,21,33,37H,9,15-16H2,1-4H3,(H,34,38)(H,35,36). The van der Waals surface area contributed by atoms with Gasteiger partial charge in [-0.1, -0.05) is 18.2 Å². The molecular weight excluding hydrogens is 520 g/mol. The predicted octanol–water partition coefficient (Wildman–Crippen LogP) is 5.08. The van der Waals surface area contributed by atoms with E-state index in [-0.39, 0.29) is 12.5 Å². The number of benzene rings is 3. The Morgan fingerprint density at radius 1 is 1.07 bits per heavy atom. The summed E-state index contributed by atoms with van der Waals surface area (Å²) in [6.07, 6.45) is 2.40. The van der Waals surface area contributed by atoms with Crippen molar-refractivity contribution in [1.29, 1.82) is 0 Å². The maximum absolute atomic E-state index is 14.0. The molecule has 9 heteroatoms. The molecule has 2 aromatic heterocycles. The molecule has 5 aromatic rings. The van der Waals surface area contributed by atoms with Gasteiger partial charge in [-0.2, -0.15) is 5.10 Å². The maximum Gasteiger partial charge on any atom is 0.252 e. The molecule has 6 rings (SSSR count). The lowest BCUT2D eigenvalue weighted by Gasteiger charge is -2.25. The Labute approximate surface area is 237 Å². The zero-order valence-electron chi connectivity index (χ0n) is 23.4. The molecule has 0 bridgehead atoms. The van der Waals surface area contributed by atoms with Gasteiger partial charge >= 0.3 is 0 Å². The van der Waals surface area contributed by atoms with Crippen molar-refractivity contribution < 1.29 is 24.1 Å². The van der Waals surface area contributed by atoms with E-state index in [4.69, 9.17) is 14.2 Å². The van der Waals surface area contributed by atoms with Gasteiger partial charge < -0.3 is 29.6 Å². The van der Waals surface area contributed by atoms with Crippen LogP contribution in [0.1, 0.15) is 32.9 Å². The number of nitrogens with zero attached hydrogens (tertiary/aromatic N) is 1. The molecule has 1 aliphatic rings. The van der Waals surface area contributed by atoms with E-state index in [2.05, 4.69) is 20.5 Å². The molecule has 0 saturated carbocycles. The van der Waals surface area contributed by atoms with Gasteiger partial charge in [0, 0.05) is 50.6 Å². The number of rotatable bonds is 8. The fourth-order valence-corrected chi connectivity index (χ4v) is 5.69. The van der Waals surface area contributed by atoms with E-state index in [0.717, 1.165) is 50.1 Å². The van der Waals surface area contributed by atoms with Crippen LogP contribution in [0.3, 0.4) is 0 Å². The minimum absolute atomic E-state index is 0.210. The number of ether oxygens (including phenoxy) is 3. The minimum Gasteiger partial charge on any atom is -0.493 e. The van der Waals surface area contributed by atoms with E-state index >= 15 is 0 Å². The second kappa shape index (κ2) is 10.7. The second-order valence-corrected chi connectivity index (χ2v) is 10.3. The Bertz CT molecular complexity index is 1750. The monoisotopic (exact) mass is 552 g/mol. The van der Waals surface area contributed by atoms with Gasteiger partial charge in [0.2, 0.25) is 0 Å². The molecule has 41 heavy (non-hydrogen) atoms. The van der Waals surface area contributed by atoms with Crippen LogP contribution in [-0.2, 0) is 13.0 Å². The van der Waals surface area contributed by atoms with Crippen LogP contribution in [0.2, 0.25) is 0 Å². The highest BCUT2D eigenvalue weighted by molar-refractivity contribution is 6.04. The number of hydrogen-bond donors (Lipinski definition) is 4. The lowest BCUT2D eigenvalue weighted by Crippen LogP contribution is -2.39. The quantitative estimate of drug-likeness (QED) is 0.213. The number of carbonyl (C=O) groups is 1. The predicted molar refractivity (Wildman–Crippen MR) is 157 cm³/mol. The molecule has 0 radical (unpaired) electrons. The van der Waals surface area contributed by atoms with Crippen molar-refractivity contribution in [2.24, 2.45) is 0 Å². The zero-order chi connectivity index (χ0) is 28.7. The van der Waals surface area contributed by atoms with Crippen molar-refractivity contribution in [3.05, 3.63) is 82.8 Å². The first-order chi connectivity index (χ1) is 19.9. The van der Waals surface area contributed by atoms with Crippen LogP contribution in [0.4, 0.5) is 0 Å². The van der Waals surface area contributed by atoms with Crippen molar-refractivity contribution in [1.82, 2.24) is 20.5 Å². The molecule has 0 aliphatic carbocycles. The number of hydrogen-bond acceptors (Lipinski definition) is 6. The lowest BCUT2D eigenvalue weighted by atomic mass is 9.89. The molecule has 3 aromatic carbocycles. The van der Waals surface area contributed by atoms with Crippen LogP contribution in [0.15, 0.2) is 54.7 Å². The number of aliphatic hydroxyl groups is 1. The SMILES string of the molecule is COc1cc2c(cc1OC)-c1cc(C(=O)NC(CO)Cc3c[nH]c4ccccc34)c(-c3c(C)n[nH]c3C)cc1OC2. The first-order valence-electron chi connectivity index (χ1n) is 13.5. The van der Waals surface area contributed by atoms with E-state index in [1.165, 1.54) is 0 Å². The van der Waals surface area contributed by atoms with Crippen molar-refractivity contribution in [2.45, 2.75) is 32.9 Å². The second-order valence-electron chi connectivity index (χ2n) is 10.3. The Kier molecular flexibility index (Phi) is 6.88. The van der Waals surface area contributed by atoms with Gasteiger partial charge in [0.25, 0.3) is 5.91 Å². The molecule has 0 spiro atoms. The van der Waals surface area contributed by atoms with Gasteiger partial charge in [0.15, 0.2) is 11.5 Å². The van der Waals surface area contributed by atoms with Crippen LogP contribution in [0, 0.1) is 13.8 Å². The molecule has 1 amide bonds. The Morgan fingerprint density at radius 2 is 1.85 bits per heavy atom. The normalized spacial score (nSPS) is 12.8. The fourth-order valence-electron chi connectivity index (χ4n) is 5.69. The largest absolute Gasteiger partial charge is 0.493 e. The van der Waals surface area contributed by atoms with Crippen molar-refractivity contribution in [3.8, 4) is 39.5 Å². The number of para-hydroxylation sites is 1. The third-order valence-electron chi connectivity index (χ3n) is 7.74. The topological polar surface area (TPSA) is 121 Å². The smallest absolute Gasteiger partial charge is 0.252 e. The Balaban J connectivity index is 1.43. The lowest BCUT2D eigenvalue weighted by molar-refractivity contribution is 0.0917. The Morgan fingerprint density at radius 3 is 2.59 bits per heavy atom. The fraction of sp³-hybridized carbons (Fsp3) is 0.250. The molecule has 9 nitrogen and oxygen atoms in total. The summed E-state index contributed by atoms with van der Waals surface area (Å²) in [4.78, 5) is 17.3. The van der Waals surface area contributed by atoms with Crippen LogP contribution in [-0.4, -0.2) is 53.1 Å². The van der Waals surface area contributed by atoms with Gasteiger partial charge in [-0.25, -0.2) is 0 Å². The van der Waals surface area contributed by atoms with Gasteiger partial charge in [-0.15, -0.1) is 0 Å². The van der Waals surface area contributed by atoms with Crippen LogP contribution >= 0.6 is 0 Å². The number of aryl methyl sites for hydroxylation is 2. The maximum atomic E-state index is 14.0. The number of aromatic nitrogens is 3. The molecule has 0 fully saturated rings. The van der Waals surface area contributed by atoms with E-state index in [0.29, 0.717) is 41.4 Å². The van der Waals surface area contributed by atoms with Crippen LogP contribution in [0.5, 0.6) is 17.2 Å².